The van der Waals surface area contributed by atoms with E-state index >= 15 is 0 Å². The van der Waals surface area contributed by atoms with Gasteiger partial charge >= 0.3 is 0 Å². The first kappa shape index (κ1) is 16.8. The molecule has 4 nitrogen and oxygen atoms in total. The lowest BCUT2D eigenvalue weighted by atomic mass is 9.78. The number of carbonyl (C=O) groups excluding carboxylic acids is 1. The maximum atomic E-state index is 13.3. The molecular formula is C20H27FN2O2. The van der Waals surface area contributed by atoms with Crippen LogP contribution in [0.15, 0.2) is 24.3 Å². The van der Waals surface area contributed by atoms with Crippen molar-refractivity contribution in [3.63, 3.8) is 0 Å². The van der Waals surface area contributed by atoms with Gasteiger partial charge in [0.25, 0.3) is 0 Å². The van der Waals surface area contributed by atoms with Crippen molar-refractivity contribution in [3.05, 3.63) is 30.1 Å². The molecule has 1 unspecified atom stereocenters. The van der Waals surface area contributed by atoms with Crippen LogP contribution in [-0.2, 0) is 4.79 Å². The fraction of sp³-hybridized carbons (Fsp3) is 0.650. The standard InChI is InChI=1S/C20H27FN2O2/c21-15-2-4-16(5-3-15)22-12-1-10-20(14-22)11-13-23(19(20)25)17-6-8-18(24)9-7-17/h2-5,17-18,24H,1,6-14H2. The maximum Gasteiger partial charge on any atom is 0.230 e. The van der Waals surface area contributed by atoms with Gasteiger partial charge in [-0.05, 0) is 69.2 Å². The van der Waals surface area contributed by atoms with E-state index in [1.54, 1.807) is 0 Å². The predicted octanol–water partition coefficient (Wildman–Crippen LogP) is 2.95. The summed E-state index contributed by atoms with van der Waals surface area (Å²) in [6.07, 6.45) is 6.14. The van der Waals surface area contributed by atoms with Crippen LogP contribution in [0.25, 0.3) is 0 Å². The van der Waals surface area contributed by atoms with E-state index in [-0.39, 0.29) is 17.3 Å². The minimum atomic E-state index is -0.275. The molecule has 136 valence electrons. The number of anilines is 1. The second-order valence-corrected chi connectivity index (χ2v) is 7.99. The van der Waals surface area contributed by atoms with Crippen LogP contribution >= 0.6 is 0 Å². The first-order valence-electron chi connectivity index (χ1n) is 9.57. The van der Waals surface area contributed by atoms with Gasteiger partial charge in [-0.3, -0.25) is 4.79 Å². The van der Waals surface area contributed by atoms with E-state index in [9.17, 15) is 14.3 Å². The zero-order chi connectivity index (χ0) is 17.4. The molecule has 2 saturated heterocycles. The highest BCUT2D eigenvalue weighted by Crippen LogP contribution is 2.43. The number of benzene rings is 1. The summed E-state index contributed by atoms with van der Waals surface area (Å²) in [5, 5.41) is 9.72. The van der Waals surface area contributed by atoms with Gasteiger partial charge in [-0.1, -0.05) is 0 Å². The topological polar surface area (TPSA) is 43.8 Å². The molecule has 3 fully saturated rings. The number of hydrogen-bond acceptors (Lipinski definition) is 3. The first-order chi connectivity index (χ1) is 12.1. The summed E-state index contributed by atoms with van der Waals surface area (Å²) in [6, 6.07) is 6.91. The summed E-state index contributed by atoms with van der Waals surface area (Å²) < 4.78 is 13.2. The number of likely N-dealkylation sites (tertiary alicyclic amines) is 1. The van der Waals surface area contributed by atoms with Gasteiger partial charge in [0.05, 0.1) is 11.5 Å². The number of aliphatic hydroxyl groups excluding tert-OH is 1. The van der Waals surface area contributed by atoms with E-state index in [0.29, 0.717) is 11.9 Å². The Kier molecular flexibility index (Phi) is 4.44. The Labute approximate surface area is 148 Å². The summed E-state index contributed by atoms with van der Waals surface area (Å²) in [5.41, 5.74) is 0.732. The normalized spacial score (nSPS) is 33.3. The fourth-order valence-electron chi connectivity index (χ4n) is 4.95. The molecule has 1 aliphatic carbocycles. The van der Waals surface area contributed by atoms with Crippen LogP contribution in [0.3, 0.4) is 0 Å². The minimum absolute atomic E-state index is 0.188. The Morgan fingerprint density at radius 1 is 1.04 bits per heavy atom. The summed E-state index contributed by atoms with van der Waals surface area (Å²) in [5.74, 6) is 0.0822. The van der Waals surface area contributed by atoms with Gasteiger partial charge in [0.2, 0.25) is 5.91 Å². The molecular weight excluding hydrogens is 319 g/mol. The lowest BCUT2D eigenvalue weighted by Gasteiger charge is -2.41. The van der Waals surface area contributed by atoms with E-state index < -0.39 is 0 Å². The molecule has 1 aromatic rings. The average Bonchev–Trinajstić information content (AvgIpc) is 2.93. The molecule has 2 aliphatic heterocycles. The van der Waals surface area contributed by atoms with Crippen LogP contribution in [0.4, 0.5) is 10.1 Å². The lowest BCUT2D eigenvalue weighted by molar-refractivity contribution is -0.139. The molecule has 0 bridgehead atoms. The largest absolute Gasteiger partial charge is 0.393 e. The molecule has 1 N–H and O–H groups in total. The van der Waals surface area contributed by atoms with Crippen LogP contribution in [0.1, 0.15) is 44.9 Å². The number of aliphatic hydroxyl groups is 1. The molecule has 3 aliphatic rings. The summed E-state index contributed by atoms with van der Waals surface area (Å²) in [7, 11) is 0. The molecule has 0 aromatic heterocycles. The van der Waals surface area contributed by atoms with Crippen molar-refractivity contribution in [2.75, 3.05) is 24.5 Å². The summed E-state index contributed by atoms with van der Waals surface area (Å²) >= 11 is 0. The second kappa shape index (κ2) is 6.60. The van der Waals surface area contributed by atoms with Crippen molar-refractivity contribution < 1.29 is 14.3 Å². The summed E-state index contributed by atoms with van der Waals surface area (Å²) in [6.45, 7) is 2.51. The third-order valence-electron chi connectivity index (χ3n) is 6.42. The van der Waals surface area contributed by atoms with E-state index in [1.807, 2.05) is 12.1 Å². The number of carbonyl (C=O) groups is 1. The molecule has 1 spiro atoms. The highest BCUT2D eigenvalue weighted by Gasteiger charge is 2.50. The third-order valence-corrected chi connectivity index (χ3v) is 6.42. The monoisotopic (exact) mass is 346 g/mol. The van der Waals surface area contributed by atoms with Crippen LogP contribution in [-0.4, -0.2) is 47.7 Å². The molecule has 1 atom stereocenters. The Morgan fingerprint density at radius 2 is 1.76 bits per heavy atom. The van der Waals surface area contributed by atoms with Gasteiger partial charge in [0, 0.05) is 31.4 Å². The van der Waals surface area contributed by atoms with Crippen LogP contribution in [0, 0.1) is 11.2 Å². The van der Waals surface area contributed by atoms with Crippen molar-refractivity contribution in [2.24, 2.45) is 5.41 Å². The number of amides is 1. The van der Waals surface area contributed by atoms with Gasteiger partial charge in [-0.15, -0.1) is 0 Å². The van der Waals surface area contributed by atoms with Crippen LogP contribution < -0.4 is 4.90 Å². The number of rotatable bonds is 2. The number of hydrogen-bond donors (Lipinski definition) is 1. The zero-order valence-corrected chi connectivity index (χ0v) is 14.7. The Hall–Kier alpha value is -1.62. The Morgan fingerprint density at radius 3 is 2.48 bits per heavy atom. The summed E-state index contributed by atoms with van der Waals surface area (Å²) in [4.78, 5) is 17.6. The molecule has 4 rings (SSSR count). The van der Waals surface area contributed by atoms with Crippen molar-refractivity contribution in [1.82, 2.24) is 4.90 Å². The van der Waals surface area contributed by atoms with Gasteiger partial charge in [-0.25, -0.2) is 4.39 Å². The van der Waals surface area contributed by atoms with Gasteiger partial charge in [-0.2, -0.15) is 0 Å². The van der Waals surface area contributed by atoms with E-state index in [4.69, 9.17) is 0 Å². The quantitative estimate of drug-likeness (QED) is 0.895. The second-order valence-electron chi connectivity index (χ2n) is 7.99. The van der Waals surface area contributed by atoms with E-state index in [2.05, 4.69) is 9.80 Å². The van der Waals surface area contributed by atoms with Crippen LogP contribution in [0.2, 0.25) is 0 Å². The van der Waals surface area contributed by atoms with E-state index in [0.717, 1.165) is 70.3 Å². The SMILES string of the molecule is O=C1N(C2CCC(O)CC2)CCC12CCCN(c1ccc(F)cc1)C2. The van der Waals surface area contributed by atoms with Crippen molar-refractivity contribution >= 4 is 11.6 Å². The van der Waals surface area contributed by atoms with Crippen LogP contribution in [0.5, 0.6) is 0 Å². The number of piperidine rings is 1. The molecule has 5 heteroatoms. The maximum absolute atomic E-state index is 13.3. The third kappa shape index (κ3) is 3.14. The van der Waals surface area contributed by atoms with E-state index in [1.165, 1.54) is 12.1 Å². The van der Waals surface area contributed by atoms with Crippen molar-refractivity contribution in [3.8, 4) is 0 Å². The highest BCUT2D eigenvalue weighted by molar-refractivity contribution is 5.86. The Bertz CT molecular complexity index is 627. The smallest absolute Gasteiger partial charge is 0.230 e. The van der Waals surface area contributed by atoms with Gasteiger partial charge in [0.1, 0.15) is 5.82 Å². The first-order valence-corrected chi connectivity index (χ1v) is 9.57. The molecule has 1 saturated carbocycles. The molecule has 25 heavy (non-hydrogen) atoms. The average molecular weight is 346 g/mol. The molecule has 1 aromatic carbocycles. The highest BCUT2D eigenvalue weighted by atomic mass is 19.1. The Balaban J connectivity index is 1.48. The molecule has 0 radical (unpaired) electrons. The molecule has 1 amide bonds. The predicted molar refractivity (Wildman–Crippen MR) is 94.9 cm³/mol. The fourth-order valence-corrected chi connectivity index (χ4v) is 4.95. The van der Waals surface area contributed by atoms with Gasteiger partial charge in [0.15, 0.2) is 0 Å². The van der Waals surface area contributed by atoms with Crippen molar-refractivity contribution in [1.29, 1.82) is 0 Å². The zero-order valence-electron chi connectivity index (χ0n) is 14.7. The minimum Gasteiger partial charge on any atom is -0.393 e. The lowest BCUT2D eigenvalue weighted by Crippen LogP contribution is -2.50. The number of nitrogens with zero attached hydrogens (tertiary/aromatic N) is 2. The van der Waals surface area contributed by atoms with Gasteiger partial charge < -0.3 is 14.9 Å². The molecule has 2 heterocycles. The van der Waals surface area contributed by atoms with Crippen molar-refractivity contribution in [2.45, 2.75) is 57.1 Å². The number of halogens is 1.